The standard InChI is InChI=1S/C22H24N2O5/c1-22(2,3)18-13-19(24-29-18)23-21(27)20(26)16-9-10-17(28-12-6-11-25)15-8-5-4-7-14(15)16/h4-5,7-10,13,25H,6,11-12H2,1-3H3,(H,23,24,27). The Balaban J connectivity index is 1.84. The largest absolute Gasteiger partial charge is 0.493 e. The Morgan fingerprint density at radius 3 is 2.52 bits per heavy atom. The maximum atomic E-state index is 12.8. The number of aliphatic hydroxyl groups excluding tert-OH is 1. The summed E-state index contributed by atoms with van der Waals surface area (Å²) in [5, 5.41) is 16.6. The molecule has 2 aromatic carbocycles. The minimum Gasteiger partial charge on any atom is -0.493 e. The number of aromatic nitrogens is 1. The first-order valence-corrected chi connectivity index (χ1v) is 9.39. The molecule has 0 fully saturated rings. The highest BCUT2D eigenvalue weighted by atomic mass is 16.5. The van der Waals surface area contributed by atoms with Gasteiger partial charge in [-0.05, 0) is 17.5 Å². The quantitative estimate of drug-likeness (QED) is 0.359. The van der Waals surface area contributed by atoms with Crippen LogP contribution < -0.4 is 10.1 Å². The molecule has 0 bridgehead atoms. The molecule has 29 heavy (non-hydrogen) atoms. The monoisotopic (exact) mass is 396 g/mol. The minimum absolute atomic E-state index is 0.0354. The SMILES string of the molecule is CC(C)(C)c1cc(NC(=O)C(=O)c2ccc(OCCCO)c3ccccc23)no1. The first-order valence-electron chi connectivity index (χ1n) is 9.39. The number of nitrogens with one attached hydrogen (secondary N) is 1. The zero-order valence-electron chi connectivity index (χ0n) is 16.7. The molecular weight excluding hydrogens is 372 g/mol. The van der Waals surface area contributed by atoms with Crippen LogP contribution >= 0.6 is 0 Å². The summed E-state index contributed by atoms with van der Waals surface area (Å²) < 4.78 is 10.9. The van der Waals surface area contributed by atoms with Crippen LogP contribution in [0.2, 0.25) is 0 Å². The van der Waals surface area contributed by atoms with Crippen molar-refractivity contribution in [2.45, 2.75) is 32.6 Å². The molecule has 0 atom stereocenters. The smallest absolute Gasteiger partial charge is 0.298 e. The molecule has 0 aliphatic carbocycles. The summed E-state index contributed by atoms with van der Waals surface area (Å²) >= 11 is 0. The lowest BCUT2D eigenvalue weighted by atomic mass is 9.93. The van der Waals surface area contributed by atoms with Crippen molar-refractivity contribution in [3.63, 3.8) is 0 Å². The van der Waals surface area contributed by atoms with Crippen molar-refractivity contribution in [1.29, 1.82) is 0 Å². The number of Topliss-reactive ketones (excluding diaryl/α,β-unsaturated/α-hetero) is 1. The molecule has 3 rings (SSSR count). The van der Waals surface area contributed by atoms with Crippen LogP contribution in [0.3, 0.4) is 0 Å². The Hall–Kier alpha value is -3.19. The number of ketones is 1. The molecule has 3 aromatic rings. The van der Waals surface area contributed by atoms with E-state index in [-0.39, 0.29) is 23.4 Å². The zero-order valence-corrected chi connectivity index (χ0v) is 16.7. The summed E-state index contributed by atoms with van der Waals surface area (Å²) in [6.07, 6.45) is 0.506. The molecule has 0 radical (unpaired) electrons. The summed E-state index contributed by atoms with van der Waals surface area (Å²) in [6.45, 7) is 6.27. The van der Waals surface area contributed by atoms with E-state index in [0.29, 0.717) is 29.9 Å². The minimum atomic E-state index is -0.794. The Bertz CT molecular complexity index is 1030. The zero-order chi connectivity index (χ0) is 21.0. The van der Waals surface area contributed by atoms with Crippen molar-refractivity contribution in [3.8, 4) is 5.75 Å². The van der Waals surface area contributed by atoms with Crippen LogP contribution in [0.15, 0.2) is 47.0 Å². The average Bonchev–Trinajstić information content (AvgIpc) is 3.16. The van der Waals surface area contributed by atoms with Gasteiger partial charge in [-0.3, -0.25) is 9.59 Å². The van der Waals surface area contributed by atoms with E-state index in [1.54, 1.807) is 30.3 Å². The van der Waals surface area contributed by atoms with Gasteiger partial charge in [0.15, 0.2) is 5.82 Å². The van der Waals surface area contributed by atoms with Gasteiger partial charge in [0.05, 0.1) is 6.61 Å². The molecule has 0 spiro atoms. The number of hydrogen-bond acceptors (Lipinski definition) is 6. The summed E-state index contributed by atoms with van der Waals surface area (Å²) in [5.74, 6) is -0.0739. The maximum absolute atomic E-state index is 12.8. The molecule has 2 N–H and O–H groups in total. The highest BCUT2D eigenvalue weighted by molar-refractivity contribution is 6.48. The second-order valence-electron chi connectivity index (χ2n) is 7.69. The van der Waals surface area contributed by atoms with Crippen molar-refractivity contribution in [3.05, 3.63) is 53.8 Å². The van der Waals surface area contributed by atoms with Gasteiger partial charge >= 0.3 is 0 Å². The van der Waals surface area contributed by atoms with Crippen molar-refractivity contribution in [2.24, 2.45) is 0 Å². The molecule has 0 aliphatic rings. The average molecular weight is 396 g/mol. The summed E-state index contributed by atoms with van der Waals surface area (Å²) in [4.78, 5) is 25.3. The third-order valence-electron chi connectivity index (χ3n) is 4.39. The number of rotatable bonds is 7. The van der Waals surface area contributed by atoms with Gasteiger partial charge in [-0.1, -0.05) is 50.2 Å². The van der Waals surface area contributed by atoms with Crippen LogP contribution in [0.1, 0.15) is 43.3 Å². The molecule has 0 saturated heterocycles. The Morgan fingerprint density at radius 1 is 1.14 bits per heavy atom. The second kappa shape index (κ2) is 8.45. The molecule has 1 aromatic heterocycles. The Labute approximate surface area is 168 Å². The number of aliphatic hydroxyl groups is 1. The lowest BCUT2D eigenvalue weighted by Gasteiger charge is -2.12. The number of benzene rings is 2. The highest BCUT2D eigenvalue weighted by Gasteiger charge is 2.24. The maximum Gasteiger partial charge on any atom is 0.298 e. The summed E-state index contributed by atoms with van der Waals surface area (Å²) in [7, 11) is 0. The van der Waals surface area contributed by atoms with Gasteiger partial charge in [-0.25, -0.2) is 0 Å². The van der Waals surface area contributed by atoms with Crippen molar-refractivity contribution >= 4 is 28.3 Å². The summed E-state index contributed by atoms with van der Waals surface area (Å²) in [5.41, 5.74) is 0.00865. The van der Waals surface area contributed by atoms with Crippen molar-refractivity contribution in [2.75, 3.05) is 18.5 Å². The van der Waals surface area contributed by atoms with E-state index in [9.17, 15) is 9.59 Å². The van der Waals surface area contributed by atoms with E-state index in [2.05, 4.69) is 10.5 Å². The molecule has 152 valence electrons. The van der Waals surface area contributed by atoms with Gasteiger partial charge in [-0.15, -0.1) is 0 Å². The molecule has 1 heterocycles. The summed E-state index contributed by atoms with van der Waals surface area (Å²) in [6, 6.07) is 12.1. The molecular formula is C22H24N2O5. The number of hydrogen-bond donors (Lipinski definition) is 2. The molecule has 7 nitrogen and oxygen atoms in total. The van der Waals surface area contributed by atoms with Crippen LogP contribution in [0.5, 0.6) is 5.75 Å². The molecule has 0 aliphatic heterocycles. The van der Waals surface area contributed by atoms with Gasteiger partial charge in [0, 0.05) is 35.5 Å². The lowest BCUT2D eigenvalue weighted by Crippen LogP contribution is -2.23. The topological polar surface area (TPSA) is 102 Å². The number of carbonyl (C=O) groups is 2. The fraction of sp³-hybridized carbons (Fsp3) is 0.318. The predicted octanol–water partition coefficient (Wildman–Crippen LogP) is 3.71. The third-order valence-corrected chi connectivity index (χ3v) is 4.39. The van der Waals surface area contributed by atoms with Crippen LogP contribution in [-0.2, 0) is 10.2 Å². The normalized spacial score (nSPS) is 11.4. The van der Waals surface area contributed by atoms with E-state index < -0.39 is 11.7 Å². The first kappa shape index (κ1) is 20.5. The van der Waals surface area contributed by atoms with Gasteiger partial charge < -0.3 is 19.7 Å². The fourth-order valence-electron chi connectivity index (χ4n) is 2.82. The van der Waals surface area contributed by atoms with Crippen molar-refractivity contribution < 1.29 is 24.0 Å². The number of nitrogens with zero attached hydrogens (tertiary/aromatic N) is 1. The van der Waals surface area contributed by atoms with Gasteiger partial charge in [0.2, 0.25) is 0 Å². The van der Waals surface area contributed by atoms with Crippen LogP contribution in [-0.4, -0.2) is 35.2 Å². The third kappa shape index (κ3) is 4.63. The van der Waals surface area contributed by atoms with E-state index >= 15 is 0 Å². The first-order chi connectivity index (χ1) is 13.8. The van der Waals surface area contributed by atoms with Crippen LogP contribution in [0.4, 0.5) is 5.82 Å². The lowest BCUT2D eigenvalue weighted by molar-refractivity contribution is -0.112. The highest BCUT2D eigenvalue weighted by Crippen LogP contribution is 2.29. The number of ether oxygens (including phenoxy) is 1. The van der Waals surface area contributed by atoms with Gasteiger partial charge in [0.25, 0.3) is 11.7 Å². The predicted molar refractivity (Wildman–Crippen MR) is 109 cm³/mol. The van der Waals surface area contributed by atoms with E-state index in [1.165, 1.54) is 0 Å². The Morgan fingerprint density at radius 2 is 1.86 bits per heavy atom. The Kier molecular flexibility index (Phi) is 5.98. The van der Waals surface area contributed by atoms with Crippen LogP contribution in [0, 0.1) is 0 Å². The number of anilines is 1. The molecule has 1 amide bonds. The van der Waals surface area contributed by atoms with E-state index in [0.717, 1.165) is 5.39 Å². The molecule has 7 heteroatoms. The second-order valence-corrected chi connectivity index (χ2v) is 7.69. The molecule has 0 unspecified atom stereocenters. The van der Waals surface area contributed by atoms with E-state index in [4.69, 9.17) is 14.4 Å². The van der Waals surface area contributed by atoms with Gasteiger partial charge in [-0.2, -0.15) is 0 Å². The number of fused-ring (bicyclic) bond motifs is 1. The fourth-order valence-corrected chi connectivity index (χ4v) is 2.82. The number of amides is 1. The molecule has 0 saturated carbocycles. The van der Waals surface area contributed by atoms with Crippen LogP contribution in [0.25, 0.3) is 10.8 Å². The van der Waals surface area contributed by atoms with E-state index in [1.807, 2.05) is 32.9 Å². The van der Waals surface area contributed by atoms with Gasteiger partial charge in [0.1, 0.15) is 11.5 Å². The van der Waals surface area contributed by atoms with Crippen molar-refractivity contribution in [1.82, 2.24) is 5.16 Å². The number of carbonyl (C=O) groups excluding carboxylic acids is 2.